The van der Waals surface area contributed by atoms with Gasteiger partial charge in [-0.2, -0.15) is 18.4 Å². The number of anilines is 1. The summed E-state index contributed by atoms with van der Waals surface area (Å²) in [6.07, 6.45) is -4.47. The second-order valence-electron chi connectivity index (χ2n) is 3.99. The number of hydrogen-bond acceptors (Lipinski definition) is 3. The lowest BCUT2D eigenvalue weighted by Gasteiger charge is -2.11. The second kappa shape index (κ2) is 5.47. The fourth-order valence-electron chi connectivity index (χ4n) is 1.58. The molecule has 0 unspecified atom stereocenters. The summed E-state index contributed by atoms with van der Waals surface area (Å²) in [5.74, 6) is 0. The Balaban J connectivity index is 2.28. The minimum atomic E-state index is -4.47. The average Bonchev–Trinajstić information content (AvgIpc) is 2.40. The highest BCUT2D eigenvalue weighted by molar-refractivity contribution is 7.99. The molecule has 0 bridgehead atoms. The van der Waals surface area contributed by atoms with E-state index >= 15 is 0 Å². The van der Waals surface area contributed by atoms with E-state index in [1.54, 1.807) is 24.3 Å². The Bertz CT molecular complexity index is 658. The van der Waals surface area contributed by atoms with Crippen molar-refractivity contribution in [2.75, 3.05) is 5.73 Å². The molecule has 2 nitrogen and oxygen atoms in total. The summed E-state index contributed by atoms with van der Waals surface area (Å²) in [5, 5.41) is 8.68. The van der Waals surface area contributed by atoms with E-state index in [0.29, 0.717) is 10.5 Å². The molecule has 0 saturated heterocycles. The second-order valence-corrected chi connectivity index (χ2v) is 5.13. The van der Waals surface area contributed by atoms with Gasteiger partial charge in [-0.05, 0) is 42.5 Å². The summed E-state index contributed by atoms with van der Waals surface area (Å²) in [7, 11) is 0. The zero-order chi connectivity index (χ0) is 14.8. The van der Waals surface area contributed by atoms with Gasteiger partial charge in [0, 0.05) is 15.5 Å². The fraction of sp³-hybridized carbons (Fsp3) is 0.0714. The largest absolute Gasteiger partial charge is 0.418 e. The van der Waals surface area contributed by atoms with E-state index in [9.17, 15) is 13.2 Å². The average molecular weight is 294 g/mol. The van der Waals surface area contributed by atoms with Gasteiger partial charge in [-0.15, -0.1) is 0 Å². The van der Waals surface area contributed by atoms with Crippen LogP contribution in [0.15, 0.2) is 52.3 Å². The topological polar surface area (TPSA) is 49.8 Å². The van der Waals surface area contributed by atoms with Crippen LogP contribution in [0.3, 0.4) is 0 Å². The zero-order valence-corrected chi connectivity index (χ0v) is 10.9. The summed E-state index contributed by atoms with van der Waals surface area (Å²) in [5.41, 5.74) is 4.72. The first-order chi connectivity index (χ1) is 9.40. The van der Waals surface area contributed by atoms with Crippen LogP contribution in [-0.2, 0) is 6.18 Å². The highest BCUT2D eigenvalue weighted by Crippen LogP contribution is 2.37. The molecular weight excluding hydrogens is 285 g/mol. The maximum absolute atomic E-state index is 12.7. The third-order valence-electron chi connectivity index (χ3n) is 2.55. The molecule has 0 atom stereocenters. The van der Waals surface area contributed by atoms with Crippen LogP contribution >= 0.6 is 11.8 Å². The van der Waals surface area contributed by atoms with Crippen molar-refractivity contribution in [2.45, 2.75) is 16.0 Å². The van der Waals surface area contributed by atoms with Gasteiger partial charge in [0.2, 0.25) is 0 Å². The van der Waals surface area contributed by atoms with Gasteiger partial charge in [-0.25, -0.2) is 0 Å². The smallest absolute Gasteiger partial charge is 0.398 e. The predicted molar refractivity (Wildman–Crippen MR) is 71.1 cm³/mol. The van der Waals surface area contributed by atoms with Crippen molar-refractivity contribution in [1.82, 2.24) is 0 Å². The lowest BCUT2D eigenvalue weighted by molar-refractivity contribution is -0.137. The van der Waals surface area contributed by atoms with Gasteiger partial charge < -0.3 is 5.73 Å². The number of nitrogens with two attached hydrogens (primary N) is 1. The molecule has 0 spiro atoms. The molecule has 0 aromatic heterocycles. The van der Waals surface area contributed by atoms with E-state index in [1.807, 2.05) is 6.07 Å². The monoisotopic (exact) mass is 294 g/mol. The minimum absolute atomic E-state index is 0.290. The zero-order valence-electron chi connectivity index (χ0n) is 10.1. The van der Waals surface area contributed by atoms with Crippen molar-refractivity contribution in [1.29, 1.82) is 5.26 Å². The van der Waals surface area contributed by atoms with Gasteiger partial charge in [-0.1, -0.05) is 11.8 Å². The third kappa shape index (κ3) is 3.25. The number of nitrogens with zero attached hydrogens (tertiary/aromatic N) is 1. The number of nitrogen functional groups attached to an aromatic ring is 1. The Morgan fingerprint density at radius 2 is 1.60 bits per heavy atom. The molecule has 2 rings (SSSR count). The number of alkyl halides is 3. The maximum Gasteiger partial charge on any atom is 0.418 e. The summed E-state index contributed by atoms with van der Waals surface area (Å²) in [6, 6.07) is 12.4. The maximum atomic E-state index is 12.7. The Kier molecular flexibility index (Phi) is 3.91. The van der Waals surface area contributed by atoms with E-state index in [-0.39, 0.29) is 5.69 Å². The number of nitriles is 1. The molecule has 6 heteroatoms. The van der Waals surface area contributed by atoms with Gasteiger partial charge in [0.05, 0.1) is 17.2 Å². The van der Waals surface area contributed by atoms with Crippen LogP contribution in [-0.4, -0.2) is 0 Å². The first kappa shape index (κ1) is 14.3. The number of benzene rings is 2. The third-order valence-corrected chi connectivity index (χ3v) is 3.55. The van der Waals surface area contributed by atoms with Crippen LogP contribution in [0.4, 0.5) is 18.9 Å². The van der Waals surface area contributed by atoms with Crippen LogP contribution in [0, 0.1) is 11.3 Å². The van der Waals surface area contributed by atoms with Crippen LogP contribution in [0.2, 0.25) is 0 Å². The van der Waals surface area contributed by atoms with E-state index in [4.69, 9.17) is 11.0 Å². The highest BCUT2D eigenvalue weighted by atomic mass is 32.2. The van der Waals surface area contributed by atoms with Crippen LogP contribution in [0.1, 0.15) is 11.1 Å². The number of halogens is 3. The molecule has 2 N–H and O–H groups in total. The van der Waals surface area contributed by atoms with Crippen LogP contribution in [0.25, 0.3) is 0 Å². The molecule has 0 aliphatic heterocycles. The Morgan fingerprint density at radius 3 is 2.15 bits per heavy atom. The first-order valence-electron chi connectivity index (χ1n) is 5.55. The molecule has 0 radical (unpaired) electrons. The molecule has 0 fully saturated rings. The standard InChI is InChI=1S/C14H9F3N2S/c15-14(16,17)12-7-11(5-6-13(12)19)20-10-3-1-9(8-18)2-4-10/h1-7H,19H2. The lowest BCUT2D eigenvalue weighted by atomic mass is 10.2. The lowest BCUT2D eigenvalue weighted by Crippen LogP contribution is -2.08. The van der Waals surface area contributed by atoms with E-state index in [1.165, 1.54) is 23.9 Å². The molecular formula is C14H9F3N2S. The van der Waals surface area contributed by atoms with Crippen LogP contribution in [0.5, 0.6) is 0 Å². The SMILES string of the molecule is N#Cc1ccc(Sc2ccc(N)c(C(F)(F)F)c2)cc1. The highest BCUT2D eigenvalue weighted by Gasteiger charge is 2.33. The van der Waals surface area contributed by atoms with Crippen molar-refractivity contribution < 1.29 is 13.2 Å². The van der Waals surface area contributed by atoms with Gasteiger partial charge in [0.25, 0.3) is 0 Å². The molecule has 2 aromatic carbocycles. The van der Waals surface area contributed by atoms with E-state index in [0.717, 1.165) is 11.0 Å². The Labute approximate surface area is 118 Å². The van der Waals surface area contributed by atoms with Crippen molar-refractivity contribution in [2.24, 2.45) is 0 Å². The summed E-state index contributed by atoms with van der Waals surface area (Å²) in [6.45, 7) is 0. The molecule has 2 aromatic rings. The van der Waals surface area contributed by atoms with Gasteiger partial charge >= 0.3 is 6.18 Å². The van der Waals surface area contributed by atoms with E-state index < -0.39 is 11.7 Å². The molecule has 0 saturated carbocycles. The van der Waals surface area contributed by atoms with Crippen molar-refractivity contribution >= 4 is 17.4 Å². The predicted octanol–water partition coefficient (Wildman–Crippen LogP) is 4.31. The summed E-state index contributed by atoms with van der Waals surface area (Å²) in [4.78, 5) is 1.19. The molecule has 0 heterocycles. The summed E-state index contributed by atoms with van der Waals surface area (Å²) < 4.78 is 38.2. The number of hydrogen-bond donors (Lipinski definition) is 1. The van der Waals surface area contributed by atoms with Gasteiger partial charge in [0.15, 0.2) is 0 Å². The first-order valence-corrected chi connectivity index (χ1v) is 6.36. The van der Waals surface area contributed by atoms with Crippen molar-refractivity contribution in [3.05, 3.63) is 53.6 Å². The normalized spacial score (nSPS) is 11.1. The van der Waals surface area contributed by atoms with Crippen molar-refractivity contribution in [3.8, 4) is 6.07 Å². The van der Waals surface area contributed by atoms with Crippen LogP contribution < -0.4 is 5.73 Å². The molecule has 0 amide bonds. The molecule has 0 aliphatic carbocycles. The molecule has 102 valence electrons. The molecule has 20 heavy (non-hydrogen) atoms. The fourth-order valence-corrected chi connectivity index (χ4v) is 2.44. The van der Waals surface area contributed by atoms with Gasteiger partial charge in [-0.3, -0.25) is 0 Å². The summed E-state index contributed by atoms with van der Waals surface area (Å²) >= 11 is 1.18. The quantitative estimate of drug-likeness (QED) is 0.840. The minimum Gasteiger partial charge on any atom is -0.398 e. The Hall–Kier alpha value is -2.13. The Morgan fingerprint density at radius 1 is 1.00 bits per heavy atom. The molecule has 0 aliphatic rings. The number of rotatable bonds is 2. The van der Waals surface area contributed by atoms with Gasteiger partial charge in [0.1, 0.15) is 0 Å². The van der Waals surface area contributed by atoms with E-state index in [2.05, 4.69) is 0 Å². The van der Waals surface area contributed by atoms with Crippen molar-refractivity contribution in [3.63, 3.8) is 0 Å².